The van der Waals surface area contributed by atoms with Gasteiger partial charge in [0, 0.05) is 25.4 Å². The van der Waals surface area contributed by atoms with Crippen LogP contribution in [0.25, 0.3) is 0 Å². The topological polar surface area (TPSA) is 84.2 Å². The molecule has 0 aliphatic rings. The maximum Gasteiger partial charge on any atom is 0.305 e. The van der Waals surface area contributed by atoms with Crippen LogP contribution in [0.1, 0.15) is 30.1 Å². The van der Waals surface area contributed by atoms with Gasteiger partial charge in [0.15, 0.2) is 0 Å². The predicted octanol–water partition coefficient (Wildman–Crippen LogP) is 1.82. The summed E-state index contributed by atoms with van der Waals surface area (Å²) in [5.74, 6) is -1.71. The number of halogens is 1. The molecule has 1 atom stereocenters. The van der Waals surface area contributed by atoms with Gasteiger partial charge in [-0.3, -0.25) is 14.3 Å². The van der Waals surface area contributed by atoms with Crippen molar-refractivity contribution in [2.45, 2.75) is 25.3 Å². The molecule has 122 valence electrons. The molecule has 1 heterocycles. The van der Waals surface area contributed by atoms with Gasteiger partial charge in [-0.2, -0.15) is 5.10 Å². The molecular formula is C16H18FN3O3. The fraction of sp³-hybridized carbons (Fsp3) is 0.312. The average Bonchev–Trinajstić information content (AvgIpc) is 2.90. The molecule has 2 N–H and O–H groups in total. The van der Waals surface area contributed by atoms with Gasteiger partial charge >= 0.3 is 5.97 Å². The van der Waals surface area contributed by atoms with Gasteiger partial charge in [-0.15, -0.1) is 0 Å². The smallest absolute Gasteiger partial charge is 0.305 e. The molecule has 0 aliphatic heterocycles. The van der Waals surface area contributed by atoms with Crippen LogP contribution in [-0.2, 0) is 23.1 Å². The molecule has 1 aromatic heterocycles. The summed E-state index contributed by atoms with van der Waals surface area (Å²) in [6.45, 7) is 0. The molecule has 0 aliphatic carbocycles. The summed E-state index contributed by atoms with van der Waals surface area (Å²) in [5.41, 5.74) is 1.47. The first-order valence-electron chi connectivity index (χ1n) is 7.19. The van der Waals surface area contributed by atoms with Gasteiger partial charge in [0.05, 0.1) is 12.5 Å². The third kappa shape index (κ3) is 4.91. The van der Waals surface area contributed by atoms with Gasteiger partial charge in [-0.25, -0.2) is 4.39 Å². The molecule has 2 aromatic rings. The van der Waals surface area contributed by atoms with E-state index in [0.29, 0.717) is 12.0 Å². The Balaban J connectivity index is 1.99. The number of carboxylic acid groups (broad SMARTS) is 1. The Labute approximate surface area is 132 Å². The zero-order chi connectivity index (χ0) is 16.8. The second kappa shape index (κ2) is 7.53. The van der Waals surface area contributed by atoms with Gasteiger partial charge in [-0.1, -0.05) is 12.1 Å². The number of benzene rings is 1. The van der Waals surface area contributed by atoms with Gasteiger partial charge in [0.2, 0.25) is 5.91 Å². The summed E-state index contributed by atoms with van der Waals surface area (Å²) in [5, 5.41) is 15.7. The highest BCUT2D eigenvalue weighted by Crippen LogP contribution is 2.18. The van der Waals surface area contributed by atoms with Gasteiger partial charge in [-0.05, 0) is 30.2 Å². The Hall–Kier alpha value is -2.70. The number of hydrogen-bond donors (Lipinski definition) is 2. The zero-order valence-electron chi connectivity index (χ0n) is 12.7. The van der Waals surface area contributed by atoms with Crippen molar-refractivity contribution in [3.05, 3.63) is 53.6 Å². The van der Waals surface area contributed by atoms with E-state index in [4.69, 9.17) is 5.11 Å². The SMILES string of the molecule is Cn1nccc1CCC(=O)NC(CC(=O)O)c1ccc(F)cc1. The van der Waals surface area contributed by atoms with Crippen LogP contribution in [-0.4, -0.2) is 26.8 Å². The number of carboxylic acids is 1. The van der Waals surface area contributed by atoms with Crippen LogP contribution >= 0.6 is 0 Å². The van der Waals surface area contributed by atoms with Crippen molar-refractivity contribution in [1.29, 1.82) is 0 Å². The molecule has 1 unspecified atom stereocenters. The molecule has 0 fully saturated rings. The first-order chi connectivity index (χ1) is 11.0. The minimum atomic E-state index is -1.04. The van der Waals surface area contributed by atoms with Crippen molar-refractivity contribution in [2.75, 3.05) is 0 Å². The van der Waals surface area contributed by atoms with Crippen LogP contribution in [0.5, 0.6) is 0 Å². The Bertz CT molecular complexity index is 682. The highest BCUT2D eigenvalue weighted by atomic mass is 19.1. The lowest BCUT2D eigenvalue weighted by molar-refractivity contribution is -0.137. The third-order valence-electron chi connectivity index (χ3n) is 3.52. The van der Waals surface area contributed by atoms with Crippen LogP contribution in [0.15, 0.2) is 36.5 Å². The molecule has 0 spiro atoms. The van der Waals surface area contributed by atoms with Crippen molar-refractivity contribution in [3.63, 3.8) is 0 Å². The molecule has 1 amide bonds. The monoisotopic (exact) mass is 319 g/mol. The van der Waals surface area contributed by atoms with Gasteiger partial charge in [0.1, 0.15) is 5.82 Å². The van der Waals surface area contributed by atoms with E-state index in [2.05, 4.69) is 10.4 Å². The summed E-state index contributed by atoms with van der Waals surface area (Å²) >= 11 is 0. The molecule has 0 radical (unpaired) electrons. The van der Waals surface area contributed by atoms with Gasteiger partial charge < -0.3 is 10.4 Å². The number of amides is 1. The highest BCUT2D eigenvalue weighted by molar-refractivity contribution is 5.78. The Morgan fingerprint density at radius 2 is 2.00 bits per heavy atom. The number of nitrogens with one attached hydrogen (secondary N) is 1. The molecule has 2 rings (SSSR count). The van der Waals surface area contributed by atoms with E-state index >= 15 is 0 Å². The maximum absolute atomic E-state index is 13.0. The largest absolute Gasteiger partial charge is 0.481 e. The Kier molecular flexibility index (Phi) is 5.46. The number of hydrogen-bond acceptors (Lipinski definition) is 3. The quantitative estimate of drug-likeness (QED) is 0.815. The normalized spacial score (nSPS) is 11.9. The second-order valence-corrected chi connectivity index (χ2v) is 5.22. The zero-order valence-corrected chi connectivity index (χ0v) is 12.7. The number of carbonyl (C=O) groups excluding carboxylic acids is 1. The van der Waals surface area contributed by atoms with Gasteiger partial charge in [0.25, 0.3) is 0 Å². The Morgan fingerprint density at radius 1 is 1.30 bits per heavy atom. The lowest BCUT2D eigenvalue weighted by Gasteiger charge is -2.17. The number of nitrogens with zero attached hydrogens (tertiary/aromatic N) is 2. The van der Waals surface area contributed by atoms with E-state index < -0.39 is 17.8 Å². The van der Waals surface area contributed by atoms with Crippen molar-refractivity contribution in [2.24, 2.45) is 7.05 Å². The highest BCUT2D eigenvalue weighted by Gasteiger charge is 2.18. The molecular weight excluding hydrogens is 301 g/mol. The predicted molar refractivity (Wildman–Crippen MR) is 81.1 cm³/mol. The summed E-state index contributed by atoms with van der Waals surface area (Å²) in [7, 11) is 1.79. The standard InChI is InChI=1S/C16H18FN3O3/c1-20-13(8-9-18-20)6-7-15(21)19-14(10-16(22)23)11-2-4-12(17)5-3-11/h2-5,8-9,14H,6-7,10H2,1H3,(H,19,21)(H,22,23). The van der Waals surface area contributed by atoms with E-state index in [1.165, 1.54) is 24.3 Å². The number of rotatable bonds is 7. The summed E-state index contributed by atoms with van der Waals surface area (Å²) in [6.07, 6.45) is 2.12. The van der Waals surface area contributed by atoms with Crippen molar-refractivity contribution in [1.82, 2.24) is 15.1 Å². The molecule has 0 saturated heterocycles. The minimum Gasteiger partial charge on any atom is -0.481 e. The Morgan fingerprint density at radius 3 is 2.57 bits per heavy atom. The van der Waals surface area contributed by atoms with E-state index in [0.717, 1.165) is 5.69 Å². The third-order valence-corrected chi connectivity index (χ3v) is 3.52. The second-order valence-electron chi connectivity index (χ2n) is 5.22. The van der Waals surface area contributed by atoms with Crippen LogP contribution in [0.3, 0.4) is 0 Å². The van der Waals surface area contributed by atoms with Crippen LogP contribution in [0.2, 0.25) is 0 Å². The van der Waals surface area contributed by atoms with Crippen LogP contribution in [0.4, 0.5) is 4.39 Å². The molecule has 0 saturated carbocycles. The molecule has 7 heteroatoms. The molecule has 1 aromatic carbocycles. The van der Waals surface area contributed by atoms with E-state index in [1.807, 2.05) is 6.07 Å². The van der Waals surface area contributed by atoms with E-state index in [9.17, 15) is 14.0 Å². The van der Waals surface area contributed by atoms with E-state index in [-0.39, 0.29) is 18.7 Å². The summed E-state index contributed by atoms with van der Waals surface area (Å²) < 4.78 is 14.7. The van der Waals surface area contributed by atoms with Crippen LogP contribution < -0.4 is 5.32 Å². The average molecular weight is 319 g/mol. The first kappa shape index (κ1) is 16.7. The summed E-state index contributed by atoms with van der Waals surface area (Å²) in [4.78, 5) is 23.1. The molecule has 6 nitrogen and oxygen atoms in total. The lowest BCUT2D eigenvalue weighted by Crippen LogP contribution is -2.30. The number of aromatic nitrogens is 2. The van der Waals surface area contributed by atoms with Crippen molar-refractivity contribution >= 4 is 11.9 Å². The van der Waals surface area contributed by atoms with Crippen molar-refractivity contribution < 1.29 is 19.1 Å². The number of aliphatic carboxylic acids is 1. The summed E-state index contributed by atoms with van der Waals surface area (Å²) in [6, 6.07) is 6.57. The fourth-order valence-corrected chi connectivity index (χ4v) is 2.28. The van der Waals surface area contributed by atoms with Crippen LogP contribution in [0, 0.1) is 5.82 Å². The molecule has 23 heavy (non-hydrogen) atoms. The fourth-order valence-electron chi connectivity index (χ4n) is 2.28. The first-order valence-corrected chi connectivity index (χ1v) is 7.19. The lowest BCUT2D eigenvalue weighted by atomic mass is 10.0. The minimum absolute atomic E-state index is 0.219. The molecule has 0 bridgehead atoms. The van der Waals surface area contributed by atoms with Crippen molar-refractivity contribution in [3.8, 4) is 0 Å². The number of carbonyl (C=O) groups is 2. The maximum atomic E-state index is 13.0. The van der Waals surface area contributed by atoms with E-state index in [1.54, 1.807) is 17.9 Å². The number of aryl methyl sites for hydroxylation is 2.